The molecule has 0 saturated heterocycles. The maximum absolute atomic E-state index is 14.1. The summed E-state index contributed by atoms with van der Waals surface area (Å²) in [4.78, 5) is 33.2. The van der Waals surface area contributed by atoms with Crippen LogP contribution in [0.3, 0.4) is 0 Å². The van der Waals surface area contributed by atoms with Gasteiger partial charge in [0.25, 0.3) is 5.56 Å². The summed E-state index contributed by atoms with van der Waals surface area (Å²) in [6, 6.07) is 30.3. The molecule has 0 bridgehead atoms. The summed E-state index contributed by atoms with van der Waals surface area (Å²) in [6.07, 6.45) is 1.91. The van der Waals surface area contributed by atoms with Crippen molar-refractivity contribution in [3.63, 3.8) is 0 Å². The molecule has 0 spiro atoms. The van der Waals surface area contributed by atoms with Crippen LogP contribution < -0.4 is 19.6 Å². The highest BCUT2D eigenvalue weighted by Crippen LogP contribution is 2.36. The highest BCUT2D eigenvalue weighted by atomic mass is 32.1. The van der Waals surface area contributed by atoms with E-state index in [4.69, 9.17) is 14.5 Å². The van der Waals surface area contributed by atoms with Crippen molar-refractivity contribution in [3.8, 4) is 5.75 Å². The van der Waals surface area contributed by atoms with Crippen LogP contribution in [0.15, 0.2) is 112 Å². The molecule has 2 heterocycles. The number of hydrogen-bond donors (Lipinski definition) is 0. The fraction of sp³-hybridized carbons (Fsp3) is 0.121. The first-order valence-corrected chi connectivity index (χ1v) is 13.8. The Balaban J connectivity index is 1.67. The van der Waals surface area contributed by atoms with Gasteiger partial charge in [-0.05, 0) is 47.0 Å². The van der Waals surface area contributed by atoms with Crippen LogP contribution in [0, 0.1) is 0 Å². The van der Waals surface area contributed by atoms with Crippen LogP contribution in [-0.2, 0) is 9.53 Å². The first-order valence-electron chi connectivity index (χ1n) is 13.0. The van der Waals surface area contributed by atoms with Crippen molar-refractivity contribution in [1.82, 2.24) is 4.57 Å². The van der Waals surface area contributed by atoms with Gasteiger partial charge in [-0.15, -0.1) is 0 Å². The van der Waals surface area contributed by atoms with E-state index in [-0.39, 0.29) is 12.2 Å². The quantitative estimate of drug-likeness (QED) is 0.278. The van der Waals surface area contributed by atoms with Gasteiger partial charge in [-0.1, -0.05) is 96.3 Å². The molecule has 1 aromatic heterocycles. The molecule has 6 nitrogen and oxygen atoms in total. The Morgan fingerprint density at radius 1 is 0.975 bits per heavy atom. The Morgan fingerprint density at radius 2 is 1.73 bits per heavy atom. The molecule has 7 heteroatoms. The second-order valence-corrected chi connectivity index (χ2v) is 10.3. The minimum absolute atomic E-state index is 0.195. The lowest BCUT2D eigenvalue weighted by molar-refractivity contribution is -0.138. The minimum Gasteiger partial charge on any atom is -0.497 e. The molecule has 0 saturated carbocycles. The van der Waals surface area contributed by atoms with Gasteiger partial charge in [-0.25, -0.2) is 9.79 Å². The monoisotopic (exact) mass is 546 g/mol. The highest BCUT2D eigenvalue weighted by Gasteiger charge is 2.35. The molecular weight excluding hydrogens is 520 g/mol. The molecule has 1 atom stereocenters. The molecule has 1 aliphatic heterocycles. The fourth-order valence-corrected chi connectivity index (χ4v) is 6.08. The molecule has 4 aromatic carbocycles. The number of esters is 1. The van der Waals surface area contributed by atoms with Gasteiger partial charge in [0, 0.05) is 5.56 Å². The number of hydrogen-bond acceptors (Lipinski definition) is 6. The van der Waals surface area contributed by atoms with Crippen molar-refractivity contribution in [2.24, 2.45) is 4.99 Å². The number of fused-ring (bicyclic) bond motifs is 2. The number of rotatable bonds is 6. The molecule has 198 valence electrons. The summed E-state index contributed by atoms with van der Waals surface area (Å²) in [7, 11) is 1.59. The first kappa shape index (κ1) is 25.5. The van der Waals surface area contributed by atoms with Crippen LogP contribution in [0.4, 0.5) is 0 Å². The average molecular weight is 547 g/mol. The third-order valence-electron chi connectivity index (χ3n) is 6.89. The highest BCUT2D eigenvalue weighted by molar-refractivity contribution is 7.07. The number of thiazole rings is 1. The Hall–Kier alpha value is -4.75. The molecule has 0 aliphatic carbocycles. The van der Waals surface area contributed by atoms with Gasteiger partial charge in [0.1, 0.15) is 5.75 Å². The predicted octanol–water partition coefficient (Wildman–Crippen LogP) is 5.10. The zero-order valence-corrected chi connectivity index (χ0v) is 22.9. The van der Waals surface area contributed by atoms with Crippen molar-refractivity contribution in [3.05, 3.63) is 139 Å². The summed E-state index contributed by atoms with van der Waals surface area (Å²) in [5.41, 5.74) is 3.01. The standard InChI is InChI=1S/C33H26N2O4S/c1-3-39-32(37)28-29(22-12-5-4-6-13-22)34-33-35(30(28)24-16-10-17-25(19-24)38-2)31(36)27(40-33)20-23-15-9-14-21-11-7-8-18-26(21)23/h4-20,30H,3H2,1-2H3/b27-20-/t30-/m1/s1. The predicted molar refractivity (Wildman–Crippen MR) is 158 cm³/mol. The maximum atomic E-state index is 14.1. The Kier molecular flexibility index (Phi) is 6.88. The van der Waals surface area contributed by atoms with Crippen molar-refractivity contribution in [2.75, 3.05) is 13.7 Å². The normalized spacial score (nSPS) is 15.1. The third kappa shape index (κ3) is 4.54. The summed E-state index contributed by atoms with van der Waals surface area (Å²) >= 11 is 1.31. The largest absolute Gasteiger partial charge is 0.497 e. The van der Waals surface area contributed by atoms with Gasteiger partial charge < -0.3 is 9.47 Å². The van der Waals surface area contributed by atoms with Gasteiger partial charge in [-0.3, -0.25) is 9.36 Å². The Morgan fingerprint density at radius 3 is 2.52 bits per heavy atom. The van der Waals surface area contributed by atoms with E-state index >= 15 is 0 Å². The molecule has 1 aliphatic rings. The van der Waals surface area contributed by atoms with Crippen molar-refractivity contribution < 1.29 is 14.3 Å². The number of carbonyl (C=O) groups is 1. The van der Waals surface area contributed by atoms with Crippen LogP contribution in [0.1, 0.15) is 29.7 Å². The van der Waals surface area contributed by atoms with Crippen molar-refractivity contribution in [2.45, 2.75) is 13.0 Å². The van der Waals surface area contributed by atoms with Gasteiger partial charge in [0.05, 0.1) is 35.6 Å². The lowest BCUT2D eigenvalue weighted by atomic mass is 9.93. The SMILES string of the molecule is CCOC(=O)C1=C(c2ccccc2)N=c2s/c(=C\c3cccc4ccccc34)c(=O)n2[C@@H]1c1cccc(OC)c1. The van der Waals surface area contributed by atoms with Gasteiger partial charge in [0.15, 0.2) is 4.80 Å². The third-order valence-corrected chi connectivity index (χ3v) is 7.88. The van der Waals surface area contributed by atoms with E-state index in [1.54, 1.807) is 18.6 Å². The second-order valence-electron chi connectivity index (χ2n) is 9.28. The van der Waals surface area contributed by atoms with E-state index < -0.39 is 12.0 Å². The summed E-state index contributed by atoms with van der Waals surface area (Å²) in [5.74, 6) is 0.109. The molecule has 0 amide bonds. The second kappa shape index (κ2) is 10.8. The lowest BCUT2D eigenvalue weighted by Gasteiger charge is -2.26. The van der Waals surface area contributed by atoms with E-state index in [0.717, 1.165) is 27.5 Å². The van der Waals surface area contributed by atoms with Gasteiger partial charge >= 0.3 is 5.97 Å². The smallest absolute Gasteiger partial charge is 0.338 e. The van der Waals surface area contributed by atoms with Crippen LogP contribution >= 0.6 is 11.3 Å². The fourth-order valence-electron chi connectivity index (χ4n) is 5.08. The number of aromatic nitrogens is 1. The zero-order valence-electron chi connectivity index (χ0n) is 22.0. The molecule has 6 rings (SSSR count). The molecule has 0 unspecified atom stereocenters. The number of methoxy groups -OCH3 is 1. The van der Waals surface area contributed by atoms with Crippen LogP contribution in [0.5, 0.6) is 5.75 Å². The zero-order chi connectivity index (χ0) is 27.6. The molecular formula is C33H26N2O4S. The topological polar surface area (TPSA) is 69.9 Å². The van der Waals surface area contributed by atoms with Crippen LogP contribution in [-0.4, -0.2) is 24.3 Å². The number of benzene rings is 4. The van der Waals surface area contributed by atoms with Crippen molar-refractivity contribution >= 4 is 39.9 Å². The maximum Gasteiger partial charge on any atom is 0.338 e. The molecule has 5 aromatic rings. The lowest BCUT2D eigenvalue weighted by Crippen LogP contribution is -2.40. The minimum atomic E-state index is -0.754. The van der Waals surface area contributed by atoms with E-state index in [0.29, 0.717) is 26.4 Å². The van der Waals surface area contributed by atoms with Gasteiger partial charge in [-0.2, -0.15) is 0 Å². The Bertz CT molecular complexity index is 1950. The van der Waals surface area contributed by atoms with Crippen molar-refractivity contribution in [1.29, 1.82) is 0 Å². The molecule has 40 heavy (non-hydrogen) atoms. The van der Waals surface area contributed by atoms with E-state index in [1.165, 1.54) is 11.3 Å². The van der Waals surface area contributed by atoms with E-state index in [2.05, 4.69) is 12.1 Å². The number of ether oxygens (including phenoxy) is 2. The molecule has 0 radical (unpaired) electrons. The summed E-state index contributed by atoms with van der Waals surface area (Å²) in [5, 5.41) is 2.15. The first-order chi connectivity index (χ1) is 19.6. The van der Waals surface area contributed by atoms with E-state index in [1.807, 2.05) is 91.0 Å². The Labute approximate surface area is 234 Å². The van der Waals surface area contributed by atoms with Crippen LogP contribution in [0.2, 0.25) is 0 Å². The summed E-state index contributed by atoms with van der Waals surface area (Å²) < 4.78 is 13.2. The van der Waals surface area contributed by atoms with Gasteiger partial charge in [0.2, 0.25) is 0 Å². The van der Waals surface area contributed by atoms with E-state index in [9.17, 15) is 9.59 Å². The summed E-state index contributed by atoms with van der Waals surface area (Å²) in [6.45, 7) is 1.96. The molecule has 0 N–H and O–H groups in total. The molecule has 0 fully saturated rings. The number of nitrogens with zero attached hydrogens (tertiary/aromatic N) is 2. The average Bonchev–Trinajstić information content (AvgIpc) is 3.31. The number of carbonyl (C=O) groups excluding carboxylic acids is 1. The van der Waals surface area contributed by atoms with Crippen LogP contribution in [0.25, 0.3) is 22.5 Å².